The lowest BCUT2D eigenvalue weighted by Crippen LogP contribution is -2.25. The topological polar surface area (TPSA) is 147 Å². The molecule has 0 radical (unpaired) electrons. The summed E-state index contributed by atoms with van der Waals surface area (Å²) in [7, 11) is 0. The Morgan fingerprint density at radius 3 is 2.39 bits per heavy atom. The van der Waals surface area contributed by atoms with Crippen LogP contribution in [-0.2, 0) is 4.79 Å². The molecule has 1 rings (SSSR count). The number of anilines is 1. The summed E-state index contributed by atoms with van der Waals surface area (Å²) in [6, 6.07) is 3.82. The Kier molecular flexibility index (Phi) is 4.24. The van der Waals surface area contributed by atoms with Crippen molar-refractivity contribution in [1.29, 1.82) is 0 Å². The van der Waals surface area contributed by atoms with Crippen molar-refractivity contribution in [2.75, 3.05) is 5.73 Å². The Hall–Kier alpha value is -2.12. The molecule has 7 N–H and O–H groups in total. The second-order valence-corrected chi connectivity index (χ2v) is 3.83. The SMILES string of the molecule is NC(=O)CC(O)C(O)c1ccc(N)c(C(=O)O)c1. The van der Waals surface area contributed by atoms with Gasteiger partial charge >= 0.3 is 5.97 Å². The van der Waals surface area contributed by atoms with E-state index in [1.807, 2.05) is 0 Å². The predicted octanol–water partition coefficient (Wildman–Crippen LogP) is -0.763. The molecule has 0 fully saturated rings. The van der Waals surface area contributed by atoms with Gasteiger partial charge in [0.05, 0.1) is 18.1 Å². The van der Waals surface area contributed by atoms with Crippen molar-refractivity contribution in [1.82, 2.24) is 0 Å². The van der Waals surface area contributed by atoms with Crippen molar-refractivity contribution >= 4 is 17.6 Å². The number of carboxylic acids is 1. The second-order valence-electron chi connectivity index (χ2n) is 3.83. The van der Waals surface area contributed by atoms with Crippen molar-refractivity contribution in [3.63, 3.8) is 0 Å². The molecule has 18 heavy (non-hydrogen) atoms. The highest BCUT2D eigenvalue weighted by atomic mass is 16.4. The lowest BCUT2D eigenvalue weighted by Gasteiger charge is -2.17. The first-order chi connectivity index (χ1) is 8.32. The Balaban J connectivity index is 2.99. The van der Waals surface area contributed by atoms with Crippen molar-refractivity contribution < 1.29 is 24.9 Å². The lowest BCUT2D eigenvalue weighted by atomic mass is 9.99. The smallest absolute Gasteiger partial charge is 0.337 e. The van der Waals surface area contributed by atoms with E-state index >= 15 is 0 Å². The van der Waals surface area contributed by atoms with E-state index in [2.05, 4.69) is 0 Å². The average Bonchev–Trinajstić information content (AvgIpc) is 2.27. The highest BCUT2D eigenvalue weighted by molar-refractivity contribution is 5.93. The first-order valence-electron chi connectivity index (χ1n) is 5.10. The zero-order chi connectivity index (χ0) is 13.9. The number of aliphatic hydroxyl groups excluding tert-OH is 2. The molecular weight excluding hydrogens is 240 g/mol. The monoisotopic (exact) mass is 254 g/mol. The molecule has 0 aromatic heterocycles. The molecule has 0 aliphatic rings. The van der Waals surface area contributed by atoms with Gasteiger partial charge in [-0.25, -0.2) is 4.79 Å². The number of nitrogens with two attached hydrogens (primary N) is 2. The molecule has 7 nitrogen and oxygen atoms in total. The van der Waals surface area contributed by atoms with E-state index in [1.54, 1.807) is 0 Å². The molecule has 98 valence electrons. The molecule has 0 heterocycles. The molecule has 0 spiro atoms. The van der Waals surface area contributed by atoms with Crippen LogP contribution in [-0.4, -0.2) is 33.3 Å². The van der Waals surface area contributed by atoms with Crippen molar-refractivity contribution in [3.05, 3.63) is 29.3 Å². The summed E-state index contributed by atoms with van der Waals surface area (Å²) >= 11 is 0. The normalized spacial score (nSPS) is 13.9. The summed E-state index contributed by atoms with van der Waals surface area (Å²) in [5.74, 6) is -2.01. The maximum absolute atomic E-state index is 10.8. The highest BCUT2D eigenvalue weighted by Gasteiger charge is 2.22. The van der Waals surface area contributed by atoms with Gasteiger partial charge in [-0.15, -0.1) is 0 Å². The molecular formula is C11H14N2O5. The largest absolute Gasteiger partial charge is 0.478 e. The van der Waals surface area contributed by atoms with Gasteiger partial charge in [-0.05, 0) is 17.7 Å². The molecule has 0 saturated carbocycles. The molecule has 2 atom stereocenters. The third kappa shape index (κ3) is 3.19. The van der Waals surface area contributed by atoms with E-state index in [0.29, 0.717) is 0 Å². The van der Waals surface area contributed by atoms with Gasteiger partial charge in [-0.2, -0.15) is 0 Å². The number of primary amides is 1. The van der Waals surface area contributed by atoms with Gasteiger partial charge in [0.1, 0.15) is 6.10 Å². The van der Waals surface area contributed by atoms with E-state index in [1.165, 1.54) is 12.1 Å². The number of nitrogen functional groups attached to an aromatic ring is 1. The maximum Gasteiger partial charge on any atom is 0.337 e. The highest BCUT2D eigenvalue weighted by Crippen LogP contribution is 2.23. The minimum Gasteiger partial charge on any atom is -0.478 e. The summed E-state index contributed by atoms with van der Waals surface area (Å²) < 4.78 is 0. The van der Waals surface area contributed by atoms with Gasteiger partial charge in [0.15, 0.2) is 0 Å². The van der Waals surface area contributed by atoms with Crippen LogP contribution in [0, 0.1) is 0 Å². The molecule has 1 aromatic rings. The number of aromatic carboxylic acids is 1. The predicted molar refractivity (Wildman–Crippen MR) is 62.6 cm³/mol. The number of carbonyl (C=O) groups is 2. The molecule has 0 bridgehead atoms. The molecule has 1 amide bonds. The van der Waals surface area contributed by atoms with E-state index in [0.717, 1.165) is 6.07 Å². The lowest BCUT2D eigenvalue weighted by molar-refractivity contribution is -0.121. The Morgan fingerprint density at radius 1 is 1.28 bits per heavy atom. The molecule has 0 saturated heterocycles. The van der Waals surface area contributed by atoms with Crippen LogP contribution >= 0.6 is 0 Å². The van der Waals surface area contributed by atoms with Crippen molar-refractivity contribution in [2.24, 2.45) is 5.73 Å². The number of aliphatic hydroxyl groups is 2. The van der Waals surface area contributed by atoms with Gasteiger partial charge in [0, 0.05) is 5.69 Å². The Labute approximate surface area is 103 Å². The number of rotatable bonds is 5. The summed E-state index contributed by atoms with van der Waals surface area (Å²) in [6.45, 7) is 0. The number of amides is 1. The van der Waals surface area contributed by atoms with Gasteiger partial charge in [-0.3, -0.25) is 4.79 Å². The van der Waals surface area contributed by atoms with Crippen molar-refractivity contribution in [3.8, 4) is 0 Å². The van der Waals surface area contributed by atoms with Gasteiger partial charge in [-0.1, -0.05) is 6.07 Å². The zero-order valence-electron chi connectivity index (χ0n) is 9.41. The minimum atomic E-state index is -1.41. The minimum absolute atomic E-state index is 0.0443. The number of carbonyl (C=O) groups excluding carboxylic acids is 1. The first-order valence-corrected chi connectivity index (χ1v) is 5.10. The third-order valence-electron chi connectivity index (χ3n) is 2.42. The third-order valence-corrected chi connectivity index (χ3v) is 2.42. The summed E-state index contributed by atoms with van der Waals surface area (Å²) in [6.07, 6.45) is -3.22. The van der Waals surface area contributed by atoms with Crippen LogP contribution in [0.5, 0.6) is 0 Å². The van der Waals surface area contributed by atoms with Crippen LogP contribution in [0.15, 0.2) is 18.2 Å². The summed E-state index contributed by atoms with van der Waals surface area (Å²) in [5, 5.41) is 28.1. The fraction of sp³-hybridized carbons (Fsp3) is 0.273. The van der Waals surface area contributed by atoms with Crippen LogP contribution in [0.2, 0.25) is 0 Å². The van der Waals surface area contributed by atoms with Gasteiger partial charge in [0.2, 0.25) is 5.91 Å². The second kappa shape index (κ2) is 5.48. The summed E-state index contributed by atoms with van der Waals surface area (Å²) in [4.78, 5) is 21.5. The number of carboxylic acid groups (broad SMARTS) is 1. The zero-order valence-corrected chi connectivity index (χ0v) is 9.41. The fourth-order valence-electron chi connectivity index (χ4n) is 1.48. The first kappa shape index (κ1) is 13.9. The standard InChI is InChI=1S/C11H14N2O5/c12-7-2-1-5(3-6(7)11(17)18)10(16)8(14)4-9(13)15/h1-3,8,10,14,16H,4,12H2,(H2,13,15)(H,17,18). The Bertz CT molecular complexity index is 475. The van der Waals surface area contributed by atoms with E-state index in [4.69, 9.17) is 16.6 Å². The van der Waals surface area contributed by atoms with Gasteiger partial charge < -0.3 is 26.8 Å². The number of benzene rings is 1. The molecule has 1 aromatic carbocycles. The Morgan fingerprint density at radius 2 is 1.89 bits per heavy atom. The molecule has 2 unspecified atom stereocenters. The molecule has 0 aliphatic heterocycles. The van der Waals surface area contributed by atoms with Crippen LogP contribution in [0.4, 0.5) is 5.69 Å². The van der Waals surface area contributed by atoms with Crippen LogP contribution in [0.25, 0.3) is 0 Å². The van der Waals surface area contributed by atoms with E-state index in [-0.39, 0.29) is 16.8 Å². The molecule has 0 aliphatic carbocycles. The molecule has 7 heteroatoms. The maximum atomic E-state index is 10.8. The summed E-state index contributed by atoms with van der Waals surface area (Å²) in [5.41, 5.74) is 10.3. The van der Waals surface area contributed by atoms with Crippen LogP contribution in [0.1, 0.15) is 28.4 Å². The van der Waals surface area contributed by atoms with E-state index in [9.17, 15) is 19.8 Å². The number of hydrogen-bond acceptors (Lipinski definition) is 5. The van der Waals surface area contributed by atoms with E-state index < -0.39 is 30.5 Å². The fourth-order valence-corrected chi connectivity index (χ4v) is 1.48. The van der Waals surface area contributed by atoms with Crippen molar-refractivity contribution in [2.45, 2.75) is 18.6 Å². The quantitative estimate of drug-likeness (QED) is 0.436. The van der Waals surface area contributed by atoms with Crippen LogP contribution in [0.3, 0.4) is 0 Å². The average molecular weight is 254 g/mol. The van der Waals surface area contributed by atoms with Crippen LogP contribution < -0.4 is 11.5 Å². The van der Waals surface area contributed by atoms with Gasteiger partial charge in [0.25, 0.3) is 0 Å². The number of hydrogen-bond donors (Lipinski definition) is 5.